The molecular formula is C28H45NO13S2. The summed E-state index contributed by atoms with van der Waals surface area (Å²) in [6.07, 6.45) is -3.81. The van der Waals surface area contributed by atoms with E-state index in [1.165, 1.54) is 44.3 Å². The van der Waals surface area contributed by atoms with Crippen LogP contribution in [0.15, 0.2) is 0 Å². The Balaban J connectivity index is 2.83. The van der Waals surface area contributed by atoms with Crippen LogP contribution in [0.2, 0.25) is 0 Å². The van der Waals surface area contributed by atoms with Gasteiger partial charge >= 0.3 is 35.9 Å². The number of rotatable bonds is 16. The van der Waals surface area contributed by atoms with Crippen molar-refractivity contribution in [2.45, 2.75) is 110 Å². The van der Waals surface area contributed by atoms with Gasteiger partial charge in [0, 0.05) is 33.4 Å². The van der Waals surface area contributed by atoms with Crippen molar-refractivity contribution in [2.75, 3.05) is 30.5 Å². The van der Waals surface area contributed by atoms with E-state index in [1.54, 1.807) is 27.7 Å². The second kappa shape index (κ2) is 19.6. The van der Waals surface area contributed by atoms with Crippen LogP contribution in [0, 0.1) is 0 Å². The molecule has 0 aromatic heterocycles. The Hall–Kier alpha value is -2.72. The molecule has 0 unspecified atom stereocenters. The minimum atomic E-state index is -1.21. The lowest BCUT2D eigenvalue weighted by atomic mass is 9.99. The summed E-state index contributed by atoms with van der Waals surface area (Å²) >= 11 is 2.76. The zero-order valence-corrected chi connectivity index (χ0v) is 28.2. The molecular weight excluding hydrogens is 622 g/mol. The Kier molecular flexibility index (Phi) is 17.5. The van der Waals surface area contributed by atoms with Gasteiger partial charge in [0.05, 0.1) is 6.61 Å². The summed E-state index contributed by atoms with van der Waals surface area (Å²) in [5, 5.41) is 2.56. The standard InChI is InChI=1S/C28H45NO13S2/c1-9-36-25(34)20(29-27(35)42-28(6,7)8)15-43-12-10-11-13-44-26-24(40-19(5)33)23(39-18(4)32)22(38-17(3)31)21(41-26)14-37-16(2)30/h20-24,26H,9-15H2,1-8H3,(H,29,35)/t20-,21+,22+,23-,24+,26-/m0/s1. The molecule has 0 bridgehead atoms. The van der Waals surface area contributed by atoms with Gasteiger partial charge in [-0.25, -0.2) is 9.59 Å². The summed E-state index contributed by atoms with van der Waals surface area (Å²) < 4.78 is 37.8. The maximum Gasteiger partial charge on any atom is 0.408 e. The number of thioether (sulfide) groups is 2. The number of amides is 1. The van der Waals surface area contributed by atoms with Crippen LogP contribution in [-0.2, 0) is 57.1 Å². The summed E-state index contributed by atoms with van der Waals surface area (Å²) in [5.74, 6) is -1.71. The van der Waals surface area contributed by atoms with E-state index in [2.05, 4.69) is 5.32 Å². The van der Waals surface area contributed by atoms with Crippen LogP contribution < -0.4 is 5.32 Å². The third kappa shape index (κ3) is 15.8. The van der Waals surface area contributed by atoms with Crippen molar-refractivity contribution in [1.82, 2.24) is 5.32 Å². The van der Waals surface area contributed by atoms with Crippen LogP contribution in [0.4, 0.5) is 4.79 Å². The van der Waals surface area contributed by atoms with E-state index >= 15 is 0 Å². The molecule has 0 aliphatic carbocycles. The molecule has 1 amide bonds. The largest absolute Gasteiger partial charge is 0.464 e. The number of unbranched alkanes of at least 4 members (excludes halogenated alkanes) is 1. The van der Waals surface area contributed by atoms with Gasteiger partial charge in [0.15, 0.2) is 18.3 Å². The Labute approximate surface area is 266 Å². The highest BCUT2D eigenvalue weighted by molar-refractivity contribution is 8.00. The molecule has 0 radical (unpaired) electrons. The lowest BCUT2D eigenvalue weighted by Crippen LogP contribution is -2.61. The maximum absolute atomic E-state index is 12.3. The van der Waals surface area contributed by atoms with Crippen molar-refractivity contribution in [1.29, 1.82) is 0 Å². The Bertz CT molecular complexity index is 987. The lowest BCUT2D eigenvalue weighted by molar-refractivity contribution is -0.237. The predicted octanol–water partition coefficient (Wildman–Crippen LogP) is 2.77. The Morgan fingerprint density at radius 1 is 0.795 bits per heavy atom. The van der Waals surface area contributed by atoms with Gasteiger partial charge in [-0.3, -0.25) is 19.2 Å². The van der Waals surface area contributed by atoms with Crippen molar-refractivity contribution >= 4 is 59.5 Å². The first-order chi connectivity index (χ1) is 20.5. The van der Waals surface area contributed by atoms with Crippen LogP contribution in [0.3, 0.4) is 0 Å². The van der Waals surface area contributed by atoms with Crippen LogP contribution >= 0.6 is 23.5 Å². The molecule has 0 spiro atoms. The van der Waals surface area contributed by atoms with Crippen LogP contribution in [0.25, 0.3) is 0 Å². The molecule has 0 aromatic carbocycles. The molecule has 14 nitrogen and oxygen atoms in total. The molecule has 1 fully saturated rings. The number of hydrogen-bond acceptors (Lipinski definition) is 15. The number of nitrogens with one attached hydrogen (secondary N) is 1. The molecule has 0 saturated carbocycles. The quantitative estimate of drug-likeness (QED) is 0.144. The van der Waals surface area contributed by atoms with Gasteiger partial charge in [0.2, 0.25) is 0 Å². The third-order valence-electron chi connectivity index (χ3n) is 5.46. The molecule has 0 aromatic rings. The van der Waals surface area contributed by atoms with Gasteiger partial charge in [-0.1, -0.05) is 0 Å². The van der Waals surface area contributed by atoms with Gasteiger partial charge in [0.25, 0.3) is 0 Å². The van der Waals surface area contributed by atoms with E-state index < -0.39 is 77.4 Å². The first kappa shape index (κ1) is 39.3. The van der Waals surface area contributed by atoms with Crippen LogP contribution in [-0.4, -0.2) is 108 Å². The predicted molar refractivity (Wildman–Crippen MR) is 161 cm³/mol. The highest BCUT2D eigenvalue weighted by atomic mass is 32.2. The molecule has 252 valence electrons. The zero-order chi connectivity index (χ0) is 33.4. The van der Waals surface area contributed by atoms with E-state index in [1.807, 2.05) is 0 Å². The number of alkyl carbamates (subject to hydrolysis) is 1. The second-order valence-corrected chi connectivity index (χ2v) is 13.0. The molecule has 1 aliphatic rings. The van der Waals surface area contributed by atoms with E-state index in [0.717, 1.165) is 13.3 Å². The molecule has 6 atom stereocenters. The van der Waals surface area contributed by atoms with Crippen molar-refractivity contribution in [3.8, 4) is 0 Å². The average molecular weight is 668 g/mol. The summed E-state index contributed by atoms with van der Waals surface area (Å²) in [5.41, 5.74) is -1.56. The topological polar surface area (TPSA) is 179 Å². The van der Waals surface area contributed by atoms with Crippen molar-refractivity contribution < 1.29 is 61.9 Å². The first-order valence-electron chi connectivity index (χ1n) is 14.2. The summed E-state index contributed by atoms with van der Waals surface area (Å²) in [7, 11) is 0. The maximum atomic E-state index is 12.3. The molecule has 44 heavy (non-hydrogen) atoms. The number of ether oxygens (including phenoxy) is 7. The smallest absolute Gasteiger partial charge is 0.408 e. The SMILES string of the molecule is CCOC(=O)[C@H](CSCCCCS[C@@H]1O[C@H](COC(C)=O)[C@@H](OC(C)=O)[C@H](OC(C)=O)[C@H]1OC(C)=O)NC(=O)OC(C)(C)C. The highest BCUT2D eigenvalue weighted by Gasteiger charge is 2.52. The van der Waals surface area contributed by atoms with Crippen LogP contribution in [0.1, 0.15) is 68.2 Å². The van der Waals surface area contributed by atoms with Crippen molar-refractivity contribution in [3.05, 3.63) is 0 Å². The fourth-order valence-corrected chi connectivity index (χ4v) is 6.15. The van der Waals surface area contributed by atoms with E-state index in [-0.39, 0.29) is 19.0 Å². The monoisotopic (exact) mass is 667 g/mol. The van der Waals surface area contributed by atoms with Gasteiger partial charge < -0.3 is 38.5 Å². The first-order valence-corrected chi connectivity index (χ1v) is 16.4. The lowest BCUT2D eigenvalue weighted by Gasteiger charge is -2.44. The zero-order valence-electron chi connectivity index (χ0n) is 26.5. The Morgan fingerprint density at radius 3 is 1.91 bits per heavy atom. The van der Waals surface area contributed by atoms with Gasteiger partial charge in [-0.15, -0.1) is 11.8 Å². The van der Waals surface area contributed by atoms with Gasteiger partial charge in [0.1, 0.15) is 29.8 Å². The minimum Gasteiger partial charge on any atom is -0.464 e. The average Bonchev–Trinajstić information content (AvgIpc) is 2.87. The van der Waals surface area contributed by atoms with E-state index in [9.17, 15) is 28.8 Å². The fourth-order valence-electron chi connectivity index (χ4n) is 3.89. The van der Waals surface area contributed by atoms with Crippen molar-refractivity contribution in [3.63, 3.8) is 0 Å². The summed E-state index contributed by atoms with van der Waals surface area (Å²) in [6, 6.07) is -0.873. The highest BCUT2D eigenvalue weighted by Crippen LogP contribution is 2.35. The van der Waals surface area contributed by atoms with E-state index in [4.69, 9.17) is 33.2 Å². The van der Waals surface area contributed by atoms with Crippen LogP contribution in [0.5, 0.6) is 0 Å². The summed E-state index contributed by atoms with van der Waals surface area (Å²) in [6.45, 7) is 11.5. The van der Waals surface area contributed by atoms with Gasteiger partial charge in [-0.05, 0) is 52.0 Å². The number of carbonyl (C=O) groups excluding carboxylic acids is 6. The van der Waals surface area contributed by atoms with Gasteiger partial charge in [-0.2, -0.15) is 11.8 Å². The minimum absolute atomic E-state index is 0.173. The number of hydrogen-bond donors (Lipinski definition) is 1. The molecule has 16 heteroatoms. The number of carbonyl (C=O) groups is 6. The number of esters is 5. The normalized spacial score (nSPS) is 22.1. The third-order valence-corrected chi connectivity index (χ3v) is 7.84. The molecule has 1 saturated heterocycles. The van der Waals surface area contributed by atoms with E-state index in [0.29, 0.717) is 17.9 Å². The molecule has 1 heterocycles. The fraction of sp³-hybridized carbons (Fsp3) is 0.786. The molecule has 1 aliphatic heterocycles. The summed E-state index contributed by atoms with van der Waals surface area (Å²) in [4.78, 5) is 71.8. The second-order valence-electron chi connectivity index (χ2n) is 10.7. The Morgan fingerprint density at radius 2 is 1.36 bits per heavy atom. The molecule has 1 rings (SSSR count). The van der Waals surface area contributed by atoms with Crippen molar-refractivity contribution in [2.24, 2.45) is 0 Å². The molecule has 1 N–H and O–H groups in total.